The number of nitrogens with zero attached hydrogens (tertiary/aromatic N) is 1. The second-order valence-corrected chi connectivity index (χ2v) is 11.4. The standard InChI is InChI=1S/C23H21ClF3N3O4S/c1-21(2)11-17-19(18(31)12-21)22(23(25,26)27,20(32)30(17)15-7-3-13(24)4-8-15)29-35(33,34)16-9-5-14(28)6-10-16/h3-10,29H,11-12,28H2,1-2H3. The summed E-state index contributed by atoms with van der Waals surface area (Å²) in [7, 11) is -4.93. The van der Waals surface area contributed by atoms with Gasteiger partial charge in [0.2, 0.25) is 15.6 Å². The van der Waals surface area contributed by atoms with Crippen molar-refractivity contribution in [1.82, 2.24) is 4.72 Å². The van der Waals surface area contributed by atoms with Gasteiger partial charge in [-0.1, -0.05) is 25.4 Å². The van der Waals surface area contributed by atoms with Gasteiger partial charge in [0.05, 0.1) is 10.5 Å². The van der Waals surface area contributed by atoms with E-state index in [9.17, 15) is 31.2 Å². The minimum Gasteiger partial charge on any atom is -0.399 e. The molecule has 1 heterocycles. The maximum absolute atomic E-state index is 14.9. The average molecular weight is 528 g/mol. The van der Waals surface area contributed by atoms with Crippen LogP contribution in [0.5, 0.6) is 0 Å². The Kier molecular flexibility index (Phi) is 5.81. The summed E-state index contributed by atoms with van der Waals surface area (Å²) >= 11 is 5.91. The van der Waals surface area contributed by atoms with Crippen LogP contribution in [-0.2, 0) is 19.6 Å². The lowest BCUT2D eigenvalue weighted by molar-refractivity contribution is -0.184. The number of amides is 1. The highest BCUT2D eigenvalue weighted by atomic mass is 35.5. The van der Waals surface area contributed by atoms with Gasteiger partial charge >= 0.3 is 6.18 Å². The zero-order valence-electron chi connectivity index (χ0n) is 18.6. The topological polar surface area (TPSA) is 110 Å². The van der Waals surface area contributed by atoms with Crippen LogP contribution in [0.15, 0.2) is 64.7 Å². The highest BCUT2D eigenvalue weighted by molar-refractivity contribution is 7.89. The molecular weight excluding hydrogens is 507 g/mol. The number of hydrogen-bond donors (Lipinski definition) is 2. The Morgan fingerprint density at radius 1 is 1.00 bits per heavy atom. The van der Waals surface area contributed by atoms with E-state index in [0.717, 1.165) is 17.0 Å². The zero-order valence-corrected chi connectivity index (χ0v) is 20.2. The Labute approximate surface area is 204 Å². The number of rotatable bonds is 4. The fourth-order valence-electron chi connectivity index (χ4n) is 4.49. The minimum absolute atomic E-state index is 0.0233. The van der Waals surface area contributed by atoms with E-state index in [-0.39, 0.29) is 34.9 Å². The fraction of sp³-hybridized carbons (Fsp3) is 0.304. The first kappa shape index (κ1) is 25.2. The molecule has 35 heavy (non-hydrogen) atoms. The maximum atomic E-state index is 14.9. The number of carbonyl (C=O) groups is 2. The van der Waals surface area contributed by atoms with Crippen molar-refractivity contribution in [3.8, 4) is 0 Å². The Balaban J connectivity index is 1.98. The highest BCUT2D eigenvalue weighted by Crippen LogP contribution is 2.53. The minimum atomic E-state index is -5.48. The van der Waals surface area contributed by atoms with Crippen LogP contribution in [0.1, 0.15) is 26.7 Å². The number of allylic oxidation sites excluding steroid dienone is 1. The first-order valence-electron chi connectivity index (χ1n) is 10.4. The number of alkyl halides is 3. The number of ketones is 1. The van der Waals surface area contributed by atoms with Crippen LogP contribution >= 0.6 is 11.6 Å². The van der Waals surface area contributed by atoms with E-state index in [1.807, 2.05) is 0 Å². The monoisotopic (exact) mass is 527 g/mol. The van der Waals surface area contributed by atoms with E-state index in [1.165, 1.54) is 36.4 Å². The van der Waals surface area contributed by atoms with E-state index in [2.05, 4.69) is 0 Å². The molecule has 0 saturated heterocycles. The second-order valence-electron chi connectivity index (χ2n) is 9.30. The van der Waals surface area contributed by atoms with Crippen molar-refractivity contribution in [2.75, 3.05) is 10.6 Å². The number of carbonyl (C=O) groups excluding carboxylic acids is 2. The number of hydrogen-bond acceptors (Lipinski definition) is 5. The van der Waals surface area contributed by atoms with E-state index < -0.39 is 49.3 Å². The van der Waals surface area contributed by atoms with E-state index in [4.69, 9.17) is 17.3 Å². The van der Waals surface area contributed by atoms with Gasteiger partial charge in [0.25, 0.3) is 5.91 Å². The molecule has 1 unspecified atom stereocenters. The second kappa shape index (κ2) is 8.07. The predicted octanol–water partition coefficient (Wildman–Crippen LogP) is 4.19. The summed E-state index contributed by atoms with van der Waals surface area (Å²) in [6, 6.07) is 9.85. The van der Waals surface area contributed by atoms with Crippen molar-refractivity contribution in [3.63, 3.8) is 0 Å². The van der Waals surface area contributed by atoms with Crippen molar-refractivity contribution in [2.24, 2.45) is 5.41 Å². The van der Waals surface area contributed by atoms with Crippen LogP contribution in [0.4, 0.5) is 24.5 Å². The van der Waals surface area contributed by atoms with Crippen LogP contribution in [0.25, 0.3) is 0 Å². The number of nitrogen functional groups attached to an aromatic ring is 1. The molecule has 3 N–H and O–H groups in total. The Hall–Kier alpha value is -2.89. The molecule has 0 fully saturated rings. The molecule has 1 atom stereocenters. The van der Waals surface area contributed by atoms with E-state index in [1.54, 1.807) is 18.6 Å². The van der Waals surface area contributed by atoms with Gasteiger partial charge in [0.15, 0.2) is 5.78 Å². The summed E-state index contributed by atoms with van der Waals surface area (Å²) in [6.45, 7) is 3.37. The molecule has 0 aromatic heterocycles. The van der Waals surface area contributed by atoms with Gasteiger partial charge in [-0.15, -0.1) is 0 Å². The number of sulfonamides is 1. The van der Waals surface area contributed by atoms with Crippen molar-refractivity contribution in [3.05, 3.63) is 64.8 Å². The predicted molar refractivity (Wildman–Crippen MR) is 124 cm³/mol. The molecule has 0 radical (unpaired) electrons. The molecule has 0 spiro atoms. The number of nitrogens with two attached hydrogens (primary N) is 1. The van der Waals surface area contributed by atoms with Gasteiger partial charge in [0, 0.05) is 28.5 Å². The van der Waals surface area contributed by atoms with Gasteiger partial charge in [0.1, 0.15) is 0 Å². The summed E-state index contributed by atoms with van der Waals surface area (Å²) < 4.78 is 72.4. The third-order valence-corrected chi connectivity index (χ3v) is 7.73. The summed E-state index contributed by atoms with van der Waals surface area (Å²) in [5.74, 6) is -2.60. The van der Waals surface area contributed by atoms with Crippen molar-refractivity contribution in [1.29, 1.82) is 0 Å². The smallest absolute Gasteiger partial charge is 0.399 e. The van der Waals surface area contributed by atoms with Gasteiger partial charge in [-0.2, -0.15) is 17.9 Å². The summed E-state index contributed by atoms with van der Waals surface area (Å²) in [5, 5.41) is 0.279. The molecule has 12 heteroatoms. The number of halogens is 4. The highest BCUT2D eigenvalue weighted by Gasteiger charge is 2.72. The Morgan fingerprint density at radius 3 is 2.11 bits per heavy atom. The van der Waals surface area contributed by atoms with Gasteiger partial charge in [-0.25, -0.2) is 8.42 Å². The molecule has 1 amide bonds. The fourth-order valence-corrected chi connectivity index (χ4v) is 5.93. The maximum Gasteiger partial charge on any atom is 0.421 e. The normalized spacial score (nSPS) is 22.5. The lowest BCUT2D eigenvalue weighted by atomic mass is 9.72. The molecule has 186 valence electrons. The SMILES string of the molecule is CC1(C)CC(=O)C2=C(C1)N(c1ccc(Cl)cc1)C(=O)C2(NS(=O)(=O)c1ccc(N)cc1)C(F)(F)F. The zero-order chi connectivity index (χ0) is 26.0. The number of benzene rings is 2. The van der Waals surface area contributed by atoms with Crippen LogP contribution in [0.3, 0.4) is 0 Å². The number of nitrogens with one attached hydrogen (secondary N) is 1. The molecule has 1 aliphatic heterocycles. The summed E-state index contributed by atoms with van der Waals surface area (Å²) in [4.78, 5) is 27.1. The summed E-state index contributed by atoms with van der Waals surface area (Å²) in [6.07, 6.45) is -5.84. The molecule has 2 aliphatic rings. The van der Waals surface area contributed by atoms with Crippen LogP contribution in [-0.4, -0.2) is 31.8 Å². The first-order chi connectivity index (χ1) is 16.1. The largest absolute Gasteiger partial charge is 0.421 e. The molecular formula is C23H21ClF3N3O4S. The Bertz CT molecular complexity index is 1350. The average Bonchev–Trinajstić information content (AvgIpc) is 2.96. The third-order valence-electron chi connectivity index (χ3n) is 6.01. The van der Waals surface area contributed by atoms with Gasteiger partial charge in [-0.05, 0) is 60.4 Å². The molecule has 2 aromatic carbocycles. The molecule has 0 bridgehead atoms. The number of anilines is 2. The molecule has 2 aromatic rings. The molecule has 7 nitrogen and oxygen atoms in total. The van der Waals surface area contributed by atoms with Crippen molar-refractivity contribution < 1.29 is 31.2 Å². The molecule has 4 rings (SSSR count). The quantitative estimate of drug-likeness (QED) is 0.579. The summed E-state index contributed by atoms with van der Waals surface area (Å²) in [5.41, 5.74) is 0.0836. The van der Waals surface area contributed by atoms with Gasteiger partial charge < -0.3 is 5.73 Å². The molecule has 1 aliphatic carbocycles. The number of Topliss-reactive ketones (excluding diaryl/α,β-unsaturated/α-hetero) is 1. The van der Waals surface area contributed by atoms with Crippen LogP contribution in [0.2, 0.25) is 5.02 Å². The van der Waals surface area contributed by atoms with Crippen LogP contribution < -0.4 is 15.4 Å². The van der Waals surface area contributed by atoms with E-state index in [0.29, 0.717) is 0 Å². The first-order valence-corrected chi connectivity index (χ1v) is 12.3. The van der Waals surface area contributed by atoms with E-state index >= 15 is 0 Å². The van der Waals surface area contributed by atoms with Gasteiger partial charge in [-0.3, -0.25) is 14.5 Å². The lowest BCUT2D eigenvalue weighted by Gasteiger charge is -2.35. The molecule has 0 saturated carbocycles. The van der Waals surface area contributed by atoms with Crippen molar-refractivity contribution in [2.45, 2.75) is 43.3 Å². The lowest BCUT2D eigenvalue weighted by Crippen LogP contribution is -2.66. The van der Waals surface area contributed by atoms with Crippen molar-refractivity contribution >= 4 is 44.7 Å². The Morgan fingerprint density at radius 2 is 1.57 bits per heavy atom. The third kappa shape index (κ3) is 4.11. The van der Waals surface area contributed by atoms with Crippen LogP contribution in [0, 0.1) is 5.41 Å².